The van der Waals surface area contributed by atoms with Gasteiger partial charge in [-0.05, 0) is 49.6 Å². The highest BCUT2D eigenvalue weighted by Crippen LogP contribution is 2.25. The van der Waals surface area contributed by atoms with Crippen molar-refractivity contribution in [1.29, 1.82) is 0 Å². The molecule has 3 heteroatoms. The van der Waals surface area contributed by atoms with Crippen molar-refractivity contribution in [3.8, 4) is 11.5 Å². The molecule has 0 heterocycles. The van der Waals surface area contributed by atoms with E-state index in [9.17, 15) is 5.11 Å². The van der Waals surface area contributed by atoms with Crippen LogP contribution in [0.15, 0.2) is 35.9 Å². The number of aliphatic hydroxyl groups excluding tert-OH is 1. The number of hydrogen-bond donors (Lipinski definition) is 1. The minimum absolute atomic E-state index is 0.225. The Morgan fingerprint density at radius 3 is 2.41 bits per heavy atom. The molecule has 0 spiro atoms. The summed E-state index contributed by atoms with van der Waals surface area (Å²) in [6.07, 6.45) is 3.17. The second-order valence-corrected chi connectivity index (χ2v) is 4.31. The Hall–Kier alpha value is -1.48. The fourth-order valence-electron chi connectivity index (χ4n) is 2.03. The zero-order valence-corrected chi connectivity index (χ0v) is 10.2. The zero-order valence-electron chi connectivity index (χ0n) is 10.2. The molecule has 0 unspecified atom stereocenters. The Bertz CT molecular complexity index is 394. The van der Waals surface area contributed by atoms with Gasteiger partial charge in [0.1, 0.15) is 17.6 Å². The average molecular weight is 234 g/mol. The van der Waals surface area contributed by atoms with Gasteiger partial charge in [0.25, 0.3) is 0 Å². The number of hydrogen-bond acceptors (Lipinski definition) is 3. The molecule has 0 saturated carbocycles. The standard InChI is InChI=1S/C14H18O3/c1-10-4-3-5-13(15)14(10)17-12-8-6-11(16-2)7-9-12/h4,6-9,13-15H,3,5H2,1-2H3/t13-,14+/m1/s1. The van der Waals surface area contributed by atoms with E-state index in [1.165, 1.54) is 0 Å². The van der Waals surface area contributed by atoms with Crippen molar-refractivity contribution >= 4 is 0 Å². The summed E-state index contributed by atoms with van der Waals surface area (Å²) in [7, 11) is 1.63. The number of ether oxygens (including phenoxy) is 2. The Morgan fingerprint density at radius 1 is 1.18 bits per heavy atom. The number of aliphatic hydroxyl groups is 1. The number of methoxy groups -OCH3 is 1. The Morgan fingerprint density at radius 2 is 1.82 bits per heavy atom. The van der Waals surface area contributed by atoms with E-state index in [2.05, 4.69) is 6.08 Å². The van der Waals surface area contributed by atoms with Gasteiger partial charge < -0.3 is 14.6 Å². The lowest BCUT2D eigenvalue weighted by atomic mass is 9.95. The van der Waals surface area contributed by atoms with E-state index in [-0.39, 0.29) is 6.10 Å². The summed E-state index contributed by atoms with van der Waals surface area (Å²) in [5.74, 6) is 1.55. The first kappa shape index (κ1) is 12.0. The third-order valence-corrected chi connectivity index (χ3v) is 3.05. The lowest BCUT2D eigenvalue weighted by Crippen LogP contribution is -2.35. The highest BCUT2D eigenvalue weighted by atomic mass is 16.5. The third kappa shape index (κ3) is 2.80. The highest BCUT2D eigenvalue weighted by Gasteiger charge is 2.25. The van der Waals surface area contributed by atoms with Gasteiger partial charge in [-0.2, -0.15) is 0 Å². The van der Waals surface area contributed by atoms with E-state index in [0.717, 1.165) is 29.9 Å². The fourth-order valence-corrected chi connectivity index (χ4v) is 2.03. The van der Waals surface area contributed by atoms with E-state index in [4.69, 9.17) is 9.47 Å². The van der Waals surface area contributed by atoms with Gasteiger partial charge in [0.15, 0.2) is 0 Å². The van der Waals surface area contributed by atoms with Crippen molar-refractivity contribution in [3.05, 3.63) is 35.9 Å². The quantitative estimate of drug-likeness (QED) is 0.817. The molecular formula is C14H18O3. The van der Waals surface area contributed by atoms with Crippen LogP contribution in [0.5, 0.6) is 11.5 Å². The van der Waals surface area contributed by atoms with Crippen LogP contribution in [0.1, 0.15) is 19.8 Å². The van der Waals surface area contributed by atoms with Crippen molar-refractivity contribution in [2.75, 3.05) is 7.11 Å². The molecule has 0 amide bonds. The van der Waals surface area contributed by atoms with Crippen LogP contribution >= 0.6 is 0 Å². The van der Waals surface area contributed by atoms with Crippen molar-refractivity contribution in [2.24, 2.45) is 0 Å². The first-order chi connectivity index (χ1) is 8.20. The number of benzene rings is 1. The first-order valence-electron chi connectivity index (χ1n) is 5.86. The Labute approximate surface area is 102 Å². The maximum atomic E-state index is 9.91. The van der Waals surface area contributed by atoms with Crippen molar-refractivity contribution in [1.82, 2.24) is 0 Å². The molecule has 0 radical (unpaired) electrons. The van der Waals surface area contributed by atoms with E-state index >= 15 is 0 Å². The van der Waals surface area contributed by atoms with Gasteiger partial charge in [-0.15, -0.1) is 0 Å². The van der Waals surface area contributed by atoms with Gasteiger partial charge in [0.05, 0.1) is 13.2 Å². The molecule has 92 valence electrons. The molecule has 1 aliphatic rings. The van der Waals surface area contributed by atoms with E-state index in [1.54, 1.807) is 7.11 Å². The summed E-state index contributed by atoms with van der Waals surface area (Å²) >= 11 is 0. The van der Waals surface area contributed by atoms with Crippen LogP contribution in [-0.2, 0) is 0 Å². The summed E-state index contributed by atoms with van der Waals surface area (Å²) in [4.78, 5) is 0. The van der Waals surface area contributed by atoms with Crippen LogP contribution < -0.4 is 9.47 Å². The minimum atomic E-state index is -0.415. The topological polar surface area (TPSA) is 38.7 Å². The predicted molar refractivity (Wildman–Crippen MR) is 66.4 cm³/mol. The van der Waals surface area contributed by atoms with Crippen molar-refractivity contribution in [3.63, 3.8) is 0 Å². The maximum Gasteiger partial charge on any atom is 0.145 e. The van der Waals surface area contributed by atoms with Gasteiger partial charge in [-0.3, -0.25) is 0 Å². The molecule has 1 aromatic rings. The largest absolute Gasteiger partial charge is 0.497 e. The molecule has 2 atom stereocenters. The van der Waals surface area contributed by atoms with Crippen LogP contribution in [0, 0.1) is 0 Å². The van der Waals surface area contributed by atoms with Crippen LogP contribution in [0.3, 0.4) is 0 Å². The SMILES string of the molecule is COc1ccc(O[C@H]2C(C)=CCC[C@H]2O)cc1. The fraction of sp³-hybridized carbons (Fsp3) is 0.429. The average Bonchev–Trinajstić information content (AvgIpc) is 2.35. The summed E-state index contributed by atoms with van der Waals surface area (Å²) < 4.78 is 10.9. The van der Waals surface area contributed by atoms with Crippen molar-refractivity contribution < 1.29 is 14.6 Å². The summed E-state index contributed by atoms with van der Waals surface area (Å²) in [6, 6.07) is 7.41. The summed E-state index contributed by atoms with van der Waals surface area (Å²) in [5, 5.41) is 9.91. The van der Waals surface area contributed by atoms with Gasteiger partial charge in [-0.25, -0.2) is 0 Å². The Kier molecular flexibility index (Phi) is 3.69. The van der Waals surface area contributed by atoms with Crippen molar-refractivity contribution in [2.45, 2.75) is 32.0 Å². The minimum Gasteiger partial charge on any atom is -0.497 e. The van der Waals surface area contributed by atoms with Crippen LogP contribution in [-0.4, -0.2) is 24.4 Å². The monoisotopic (exact) mass is 234 g/mol. The molecule has 2 rings (SSSR count). The second-order valence-electron chi connectivity index (χ2n) is 4.31. The predicted octanol–water partition coefficient (Wildman–Crippen LogP) is 2.54. The molecule has 1 aromatic carbocycles. The second kappa shape index (κ2) is 5.23. The third-order valence-electron chi connectivity index (χ3n) is 3.05. The Balaban J connectivity index is 2.08. The highest BCUT2D eigenvalue weighted by molar-refractivity contribution is 5.32. The smallest absolute Gasteiger partial charge is 0.145 e. The van der Waals surface area contributed by atoms with Gasteiger partial charge in [-0.1, -0.05) is 6.08 Å². The van der Waals surface area contributed by atoms with E-state index < -0.39 is 6.10 Å². The first-order valence-corrected chi connectivity index (χ1v) is 5.86. The molecule has 0 saturated heterocycles. The molecular weight excluding hydrogens is 216 g/mol. The molecule has 1 N–H and O–H groups in total. The maximum absolute atomic E-state index is 9.91. The molecule has 17 heavy (non-hydrogen) atoms. The lowest BCUT2D eigenvalue weighted by molar-refractivity contribution is 0.0464. The normalized spacial score (nSPS) is 24.1. The van der Waals surface area contributed by atoms with Gasteiger partial charge >= 0.3 is 0 Å². The number of rotatable bonds is 3. The molecule has 0 bridgehead atoms. The van der Waals surface area contributed by atoms with Gasteiger partial charge in [0, 0.05) is 0 Å². The van der Waals surface area contributed by atoms with Crippen LogP contribution in [0.4, 0.5) is 0 Å². The van der Waals surface area contributed by atoms with Crippen LogP contribution in [0.25, 0.3) is 0 Å². The zero-order chi connectivity index (χ0) is 12.3. The van der Waals surface area contributed by atoms with E-state index in [0.29, 0.717) is 0 Å². The van der Waals surface area contributed by atoms with Crippen LogP contribution in [0.2, 0.25) is 0 Å². The van der Waals surface area contributed by atoms with Gasteiger partial charge in [0.2, 0.25) is 0 Å². The number of allylic oxidation sites excluding steroid dienone is 1. The lowest BCUT2D eigenvalue weighted by Gasteiger charge is -2.28. The molecule has 3 nitrogen and oxygen atoms in total. The molecule has 0 aromatic heterocycles. The summed E-state index contributed by atoms with van der Waals surface area (Å²) in [5.41, 5.74) is 1.10. The molecule has 1 aliphatic carbocycles. The summed E-state index contributed by atoms with van der Waals surface area (Å²) in [6.45, 7) is 2.00. The van der Waals surface area contributed by atoms with E-state index in [1.807, 2.05) is 31.2 Å². The molecule has 0 fully saturated rings. The molecule has 0 aliphatic heterocycles.